The predicted octanol–water partition coefficient (Wildman–Crippen LogP) is 2.57. The fraction of sp³-hybridized carbons (Fsp3) is 0.462. The van der Waals surface area contributed by atoms with Crippen molar-refractivity contribution >= 4 is 15.8 Å². The van der Waals surface area contributed by atoms with Crippen LogP contribution in [0, 0.1) is 13.8 Å². The Labute approximate surface area is 108 Å². The van der Waals surface area contributed by atoms with E-state index in [-0.39, 0.29) is 10.5 Å². The van der Waals surface area contributed by atoms with Crippen molar-refractivity contribution in [3.05, 3.63) is 28.8 Å². The van der Waals surface area contributed by atoms with E-state index < -0.39 is 21.1 Å². The first-order valence-electron chi connectivity index (χ1n) is 5.80. The Bertz CT molecular complexity index is 573. The summed E-state index contributed by atoms with van der Waals surface area (Å²) in [5.41, 5.74) is 1.21. The Morgan fingerprint density at radius 3 is 2.28 bits per heavy atom. The summed E-state index contributed by atoms with van der Waals surface area (Å²) >= 11 is 0. The zero-order valence-electron chi connectivity index (χ0n) is 11.0. The van der Waals surface area contributed by atoms with Gasteiger partial charge in [0, 0.05) is 0 Å². The third-order valence-electron chi connectivity index (χ3n) is 3.16. The standard InChI is InChI=1S/C13H18O4S/c1-5-10(4)18(16,17)12-7-11(13(14)15)8(2)6-9(12)3/h6-7,10H,5H2,1-4H3,(H,14,15). The summed E-state index contributed by atoms with van der Waals surface area (Å²) in [6, 6.07) is 2.88. The van der Waals surface area contributed by atoms with Crippen molar-refractivity contribution in [1.82, 2.24) is 0 Å². The van der Waals surface area contributed by atoms with Crippen LogP contribution in [-0.2, 0) is 9.84 Å². The van der Waals surface area contributed by atoms with Gasteiger partial charge in [0.25, 0.3) is 0 Å². The van der Waals surface area contributed by atoms with Gasteiger partial charge in [-0.1, -0.05) is 13.0 Å². The topological polar surface area (TPSA) is 71.4 Å². The molecule has 0 heterocycles. The molecule has 0 amide bonds. The minimum Gasteiger partial charge on any atom is -0.478 e. The molecule has 5 heteroatoms. The Morgan fingerprint density at radius 1 is 1.28 bits per heavy atom. The Morgan fingerprint density at radius 2 is 1.83 bits per heavy atom. The SMILES string of the molecule is CCC(C)S(=O)(=O)c1cc(C(=O)O)c(C)cc1C. The summed E-state index contributed by atoms with van der Waals surface area (Å²) < 4.78 is 24.6. The summed E-state index contributed by atoms with van der Waals surface area (Å²) in [4.78, 5) is 11.2. The van der Waals surface area contributed by atoms with E-state index >= 15 is 0 Å². The molecule has 0 saturated carbocycles. The molecular weight excluding hydrogens is 252 g/mol. The maximum atomic E-state index is 12.3. The quantitative estimate of drug-likeness (QED) is 0.912. The number of rotatable bonds is 4. The highest BCUT2D eigenvalue weighted by atomic mass is 32.2. The van der Waals surface area contributed by atoms with Gasteiger partial charge < -0.3 is 5.11 Å². The molecular formula is C13H18O4S. The fourth-order valence-corrected chi connectivity index (χ4v) is 3.47. The first kappa shape index (κ1) is 14.7. The highest BCUT2D eigenvalue weighted by Crippen LogP contribution is 2.25. The van der Waals surface area contributed by atoms with Crippen molar-refractivity contribution in [1.29, 1.82) is 0 Å². The van der Waals surface area contributed by atoms with Crippen LogP contribution in [-0.4, -0.2) is 24.7 Å². The van der Waals surface area contributed by atoms with Crippen molar-refractivity contribution in [2.45, 2.75) is 44.3 Å². The third kappa shape index (κ3) is 2.56. The lowest BCUT2D eigenvalue weighted by Gasteiger charge is -2.14. The molecule has 0 saturated heterocycles. The summed E-state index contributed by atoms with van der Waals surface area (Å²) in [5.74, 6) is -1.10. The van der Waals surface area contributed by atoms with Gasteiger partial charge in [-0.3, -0.25) is 0 Å². The van der Waals surface area contributed by atoms with Gasteiger partial charge in [0.05, 0.1) is 15.7 Å². The molecule has 4 nitrogen and oxygen atoms in total. The zero-order chi connectivity index (χ0) is 14.1. The van der Waals surface area contributed by atoms with Gasteiger partial charge in [-0.15, -0.1) is 0 Å². The van der Waals surface area contributed by atoms with Gasteiger partial charge in [-0.05, 0) is 44.4 Å². The molecule has 18 heavy (non-hydrogen) atoms. The monoisotopic (exact) mass is 270 g/mol. The van der Waals surface area contributed by atoms with Gasteiger partial charge in [0.1, 0.15) is 0 Å². The maximum absolute atomic E-state index is 12.3. The minimum absolute atomic E-state index is 0.0440. The van der Waals surface area contributed by atoms with Crippen molar-refractivity contribution in [2.24, 2.45) is 0 Å². The molecule has 1 N–H and O–H groups in total. The van der Waals surface area contributed by atoms with Crippen LogP contribution in [0.5, 0.6) is 0 Å². The second kappa shape index (κ2) is 5.10. The Kier molecular flexibility index (Phi) is 4.16. The van der Waals surface area contributed by atoms with Gasteiger partial charge in [-0.25, -0.2) is 13.2 Å². The van der Waals surface area contributed by atoms with Gasteiger partial charge in [-0.2, -0.15) is 0 Å². The molecule has 1 rings (SSSR count). The van der Waals surface area contributed by atoms with E-state index in [0.717, 1.165) is 0 Å². The van der Waals surface area contributed by atoms with Crippen LogP contribution in [0.15, 0.2) is 17.0 Å². The Balaban J connectivity index is 3.52. The van der Waals surface area contributed by atoms with Crippen LogP contribution >= 0.6 is 0 Å². The number of carboxylic acids is 1. The molecule has 1 atom stereocenters. The minimum atomic E-state index is -3.46. The normalized spacial score (nSPS) is 13.3. The highest BCUT2D eigenvalue weighted by Gasteiger charge is 2.25. The largest absolute Gasteiger partial charge is 0.478 e. The van der Waals surface area contributed by atoms with Gasteiger partial charge >= 0.3 is 5.97 Å². The smallest absolute Gasteiger partial charge is 0.335 e. The molecule has 1 unspecified atom stereocenters. The van der Waals surface area contributed by atoms with E-state index in [1.54, 1.807) is 33.8 Å². The van der Waals surface area contributed by atoms with E-state index in [1.165, 1.54) is 6.07 Å². The maximum Gasteiger partial charge on any atom is 0.335 e. The third-order valence-corrected chi connectivity index (χ3v) is 5.61. The fourth-order valence-electron chi connectivity index (χ4n) is 1.81. The number of carboxylic acid groups (broad SMARTS) is 1. The number of aryl methyl sites for hydroxylation is 2. The van der Waals surface area contributed by atoms with Crippen molar-refractivity contribution in [3.8, 4) is 0 Å². The van der Waals surface area contributed by atoms with Crippen LogP contribution in [0.2, 0.25) is 0 Å². The van der Waals surface area contributed by atoms with Gasteiger partial charge in [0.2, 0.25) is 0 Å². The van der Waals surface area contributed by atoms with E-state index in [1.807, 2.05) is 0 Å². The highest BCUT2D eigenvalue weighted by molar-refractivity contribution is 7.92. The van der Waals surface area contributed by atoms with Crippen molar-refractivity contribution < 1.29 is 18.3 Å². The number of hydrogen-bond acceptors (Lipinski definition) is 3. The molecule has 100 valence electrons. The number of sulfone groups is 1. The molecule has 1 aromatic carbocycles. The molecule has 0 aliphatic heterocycles. The lowest BCUT2D eigenvalue weighted by molar-refractivity contribution is 0.0696. The number of aromatic carboxylic acids is 1. The number of carbonyl (C=O) groups is 1. The first-order valence-corrected chi connectivity index (χ1v) is 7.34. The lowest BCUT2D eigenvalue weighted by Crippen LogP contribution is -2.19. The molecule has 0 bridgehead atoms. The van der Waals surface area contributed by atoms with Crippen LogP contribution < -0.4 is 0 Å². The first-order chi connectivity index (χ1) is 8.21. The van der Waals surface area contributed by atoms with E-state index in [9.17, 15) is 13.2 Å². The Hall–Kier alpha value is -1.36. The lowest BCUT2D eigenvalue weighted by atomic mass is 10.1. The zero-order valence-corrected chi connectivity index (χ0v) is 11.8. The average Bonchev–Trinajstić information content (AvgIpc) is 2.26. The molecule has 1 aromatic rings. The van der Waals surface area contributed by atoms with Gasteiger partial charge in [0.15, 0.2) is 9.84 Å². The molecule has 0 spiro atoms. The average molecular weight is 270 g/mol. The van der Waals surface area contributed by atoms with E-state index in [2.05, 4.69) is 0 Å². The van der Waals surface area contributed by atoms with Crippen LogP contribution in [0.3, 0.4) is 0 Å². The van der Waals surface area contributed by atoms with Crippen LogP contribution in [0.25, 0.3) is 0 Å². The molecule has 0 aliphatic carbocycles. The van der Waals surface area contributed by atoms with Crippen LogP contribution in [0.4, 0.5) is 0 Å². The molecule has 0 radical (unpaired) electrons. The van der Waals surface area contributed by atoms with E-state index in [0.29, 0.717) is 17.5 Å². The van der Waals surface area contributed by atoms with E-state index in [4.69, 9.17) is 5.11 Å². The predicted molar refractivity (Wildman–Crippen MR) is 69.8 cm³/mol. The molecule has 0 aromatic heterocycles. The summed E-state index contributed by atoms with van der Waals surface area (Å²) in [6.07, 6.45) is 0.498. The second-order valence-electron chi connectivity index (χ2n) is 4.50. The summed E-state index contributed by atoms with van der Waals surface area (Å²) in [6.45, 7) is 6.78. The molecule has 0 fully saturated rings. The summed E-state index contributed by atoms with van der Waals surface area (Å²) in [7, 11) is -3.46. The number of hydrogen-bond donors (Lipinski definition) is 1. The van der Waals surface area contributed by atoms with Crippen LogP contribution in [0.1, 0.15) is 41.8 Å². The molecule has 0 aliphatic rings. The van der Waals surface area contributed by atoms with Crippen molar-refractivity contribution in [3.63, 3.8) is 0 Å². The van der Waals surface area contributed by atoms with Crippen molar-refractivity contribution in [2.75, 3.05) is 0 Å². The second-order valence-corrected chi connectivity index (χ2v) is 6.84. The summed E-state index contributed by atoms with van der Waals surface area (Å²) in [5, 5.41) is 8.53. The number of benzene rings is 1.